The third kappa shape index (κ3) is 3.12. The Morgan fingerprint density at radius 2 is 2.50 bits per heavy atom. The molecule has 16 heavy (non-hydrogen) atoms. The standard InChI is InChI=1S/C12H18N2OS/c1-10-4-6-14-12(7-10)16(15)9-11-3-2-5-13-8-11/h4,6-7,11,13H,2-3,5,8-9H2,1H3/t11-,16-/m1/s1. The lowest BCUT2D eigenvalue weighted by Crippen LogP contribution is -2.32. The molecular weight excluding hydrogens is 220 g/mol. The van der Waals surface area contributed by atoms with Crippen molar-refractivity contribution in [1.29, 1.82) is 0 Å². The molecule has 4 heteroatoms. The molecule has 0 amide bonds. The van der Waals surface area contributed by atoms with E-state index < -0.39 is 10.8 Å². The van der Waals surface area contributed by atoms with Crippen molar-refractivity contribution in [2.24, 2.45) is 5.92 Å². The van der Waals surface area contributed by atoms with Gasteiger partial charge in [0.2, 0.25) is 0 Å². The Hall–Kier alpha value is -0.740. The number of nitrogens with one attached hydrogen (secondary N) is 1. The predicted molar refractivity (Wildman–Crippen MR) is 65.8 cm³/mol. The van der Waals surface area contributed by atoms with Crippen LogP contribution in [0, 0.1) is 12.8 Å². The number of aryl methyl sites for hydroxylation is 1. The van der Waals surface area contributed by atoms with Crippen molar-refractivity contribution in [3.05, 3.63) is 23.9 Å². The second-order valence-corrected chi connectivity index (χ2v) is 5.84. The zero-order chi connectivity index (χ0) is 11.4. The van der Waals surface area contributed by atoms with E-state index >= 15 is 0 Å². The van der Waals surface area contributed by atoms with E-state index in [-0.39, 0.29) is 0 Å². The lowest BCUT2D eigenvalue weighted by atomic mass is 10.0. The smallest absolute Gasteiger partial charge is 0.127 e. The fourth-order valence-electron chi connectivity index (χ4n) is 2.00. The van der Waals surface area contributed by atoms with Crippen LogP contribution in [0.15, 0.2) is 23.4 Å². The summed E-state index contributed by atoms with van der Waals surface area (Å²) >= 11 is 0. The van der Waals surface area contributed by atoms with Gasteiger partial charge in [-0.15, -0.1) is 0 Å². The first-order valence-electron chi connectivity index (χ1n) is 5.77. The van der Waals surface area contributed by atoms with E-state index in [1.54, 1.807) is 6.20 Å². The molecule has 1 fully saturated rings. The van der Waals surface area contributed by atoms with Gasteiger partial charge in [0.25, 0.3) is 0 Å². The van der Waals surface area contributed by atoms with Crippen LogP contribution in [0.1, 0.15) is 18.4 Å². The number of nitrogens with zero attached hydrogens (tertiary/aromatic N) is 1. The summed E-state index contributed by atoms with van der Waals surface area (Å²) in [5.41, 5.74) is 1.13. The molecule has 0 bridgehead atoms. The molecule has 2 heterocycles. The highest BCUT2D eigenvalue weighted by molar-refractivity contribution is 7.84. The fraction of sp³-hybridized carbons (Fsp3) is 0.583. The van der Waals surface area contributed by atoms with Crippen LogP contribution >= 0.6 is 0 Å². The van der Waals surface area contributed by atoms with Gasteiger partial charge >= 0.3 is 0 Å². The van der Waals surface area contributed by atoms with Gasteiger partial charge in [-0.25, -0.2) is 4.98 Å². The van der Waals surface area contributed by atoms with Crippen LogP contribution in [0.4, 0.5) is 0 Å². The number of rotatable bonds is 3. The molecule has 0 radical (unpaired) electrons. The third-order valence-corrected chi connectivity index (χ3v) is 4.37. The fourth-order valence-corrected chi connectivity index (χ4v) is 3.38. The van der Waals surface area contributed by atoms with Crippen LogP contribution in [0.3, 0.4) is 0 Å². The maximum atomic E-state index is 12.1. The Labute approximate surface area is 99.1 Å². The lowest BCUT2D eigenvalue weighted by molar-refractivity contribution is 0.408. The average molecular weight is 238 g/mol. The Morgan fingerprint density at radius 3 is 3.19 bits per heavy atom. The Balaban J connectivity index is 1.97. The highest BCUT2D eigenvalue weighted by Gasteiger charge is 2.17. The van der Waals surface area contributed by atoms with Crippen LogP contribution in [0.5, 0.6) is 0 Å². The molecule has 0 aliphatic carbocycles. The third-order valence-electron chi connectivity index (χ3n) is 2.91. The molecule has 0 spiro atoms. The average Bonchev–Trinajstić information content (AvgIpc) is 2.30. The van der Waals surface area contributed by atoms with Gasteiger partial charge < -0.3 is 5.32 Å². The lowest BCUT2D eigenvalue weighted by Gasteiger charge is -2.21. The van der Waals surface area contributed by atoms with Gasteiger partial charge in [0.1, 0.15) is 5.03 Å². The van der Waals surface area contributed by atoms with E-state index in [1.165, 1.54) is 12.8 Å². The topological polar surface area (TPSA) is 42.0 Å². The Bertz CT molecular complexity index is 375. The maximum Gasteiger partial charge on any atom is 0.127 e. The molecule has 1 aromatic heterocycles. The van der Waals surface area contributed by atoms with E-state index in [4.69, 9.17) is 0 Å². The minimum absolute atomic E-state index is 0.539. The van der Waals surface area contributed by atoms with Crippen molar-refractivity contribution in [3.8, 4) is 0 Å². The molecule has 1 aliphatic heterocycles. The molecule has 0 aromatic carbocycles. The second kappa shape index (κ2) is 5.55. The van der Waals surface area contributed by atoms with Gasteiger partial charge in [0, 0.05) is 11.9 Å². The van der Waals surface area contributed by atoms with Crippen molar-refractivity contribution in [1.82, 2.24) is 10.3 Å². The molecule has 2 atom stereocenters. The van der Waals surface area contributed by atoms with Crippen LogP contribution in [0.2, 0.25) is 0 Å². The minimum atomic E-state index is -0.942. The molecule has 1 N–H and O–H groups in total. The van der Waals surface area contributed by atoms with Crippen molar-refractivity contribution in [3.63, 3.8) is 0 Å². The summed E-state index contributed by atoms with van der Waals surface area (Å²) in [5, 5.41) is 4.08. The highest BCUT2D eigenvalue weighted by Crippen LogP contribution is 2.14. The van der Waals surface area contributed by atoms with Crippen molar-refractivity contribution in [2.75, 3.05) is 18.8 Å². The predicted octanol–water partition coefficient (Wildman–Crippen LogP) is 1.50. The largest absolute Gasteiger partial charge is 0.316 e. The van der Waals surface area contributed by atoms with Crippen molar-refractivity contribution in [2.45, 2.75) is 24.8 Å². The van der Waals surface area contributed by atoms with Crippen LogP contribution in [-0.4, -0.2) is 28.0 Å². The molecule has 0 unspecified atom stereocenters. The van der Waals surface area contributed by atoms with E-state index in [9.17, 15) is 4.21 Å². The number of pyridine rings is 1. The zero-order valence-electron chi connectivity index (χ0n) is 9.61. The van der Waals surface area contributed by atoms with E-state index in [0.29, 0.717) is 5.92 Å². The van der Waals surface area contributed by atoms with E-state index in [2.05, 4.69) is 10.3 Å². The number of hydrogen-bond donors (Lipinski definition) is 1. The summed E-state index contributed by atoms with van der Waals surface area (Å²) in [6.07, 6.45) is 4.12. The SMILES string of the molecule is Cc1ccnc([S@](=O)C[C@@H]2CCCNC2)c1. The Morgan fingerprint density at radius 1 is 1.62 bits per heavy atom. The van der Waals surface area contributed by atoms with E-state index in [0.717, 1.165) is 29.4 Å². The quantitative estimate of drug-likeness (QED) is 0.867. The first-order chi connectivity index (χ1) is 7.75. The molecule has 1 aromatic rings. The number of aromatic nitrogens is 1. The monoisotopic (exact) mass is 238 g/mol. The molecule has 88 valence electrons. The summed E-state index contributed by atoms with van der Waals surface area (Å²) in [5.74, 6) is 1.28. The molecule has 1 saturated heterocycles. The Kier molecular flexibility index (Phi) is 4.07. The van der Waals surface area contributed by atoms with Gasteiger partial charge in [0.15, 0.2) is 0 Å². The summed E-state index contributed by atoms with van der Waals surface area (Å²) in [7, 11) is -0.942. The molecule has 3 nitrogen and oxygen atoms in total. The van der Waals surface area contributed by atoms with Gasteiger partial charge in [-0.3, -0.25) is 4.21 Å². The normalized spacial score (nSPS) is 22.9. The summed E-state index contributed by atoms with van der Waals surface area (Å²) in [6.45, 7) is 4.11. The molecule has 0 saturated carbocycles. The van der Waals surface area contributed by atoms with Crippen molar-refractivity contribution >= 4 is 10.8 Å². The first-order valence-corrected chi connectivity index (χ1v) is 7.09. The highest BCUT2D eigenvalue weighted by atomic mass is 32.2. The first kappa shape index (κ1) is 11.7. The van der Waals surface area contributed by atoms with E-state index in [1.807, 2.05) is 19.1 Å². The summed E-state index contributed by atoms with van der Waals surface area (Å²) in [4.78, 5) is 4.18. The van der Waals surface area contributed by atoms with Gasteiger partial charge in [-0.2, -0.15) is 0 Å². The number of piperidine rings is 1. The maximum absolute atomic E-state index is 12.1. The van der Waals surface area contributed by atoms with Crippen molar-refractivity contribution < 1.29 is 4.21 Å². The van der Waals surface area contributed by atoms with Gasteiger partial charge in [-0.1, -0.05) is 0 Å². The second-order valence-electron chi connectivity index (χ2n) is 4.40. The molecular formula is C12H18N2OS. The van der Waals surface area contributed by atoms with Crippen LogP contribution < -0.4 is 5.32 Å². The van der Waals surface area contributed by atoms with Gasteiger partial charge in [0.05, 0.1) is 10.8 Å². The summed E-state index contributed by atoms with van der Waals surface area (Å²) < 4.78 is 12.1. The molecule has 1 aliphatic rings. The van der Waals surface area contributed by atoms with Crippen LogP contribution in [0.25, 0.3) is 0 Å². The molecule has 2 rings (SSSR count). The van der Waals surface area contributed by atoms with Crippen LogP contribution in [-0.2, 0) is 10.8 Å². The number of hydrogen-bond acceptors (Lipinski definition) is 3. The van der Waals surface area contributed by atoms with Gasteiger partial charge in [-0.05, 0) is 56.5 Å². The summed E-state index contributed by atoms with van der Waals surface area (Å²) in [6, 6.07) is 3.86. The minimum Gasteiger partial charge on any atom is -0.316 e. The zero-order valence-corrected chi connectivity index (χ0v) is 10.4.